The third kappa shape index (κ3) is 4.10. The minimum atomic E-state index is -0.133. The number of hydrogen-bond acceptors (Lipinski definition) is 4. The second-order valence-corrected chi connectivity index (χ2v) is 4.61. The van der Waals surface area contributed by atoms with Crippen molar-refractivity contribution >= 4 is 5.97 Å². The van der Waals surface area contributed by atoms with Crippen LogP contribution in [0.25, 0.3) is 0 Å². The van der Waals surface area contributed by atoms with E-state index in [1.807, 2.05) is 0 Å². The molecule has 94 valence electrons. The molecule has 16 heavy (non-hydrogen) atoms. The van der Waals surface area contributed by atoms with E-state index in [2.05, 4.69) is 11.7 Å². The van der Waals surface area contributed by atoms with Crippen LogP contribution in [-0.4, -0.2) is 37.5 Å². The van der Waals surface area contributed by atoms with Crippen LogP contribution in [0, 0.1) is 11.8 Å². The lowest BCUT2D eigenvalue weighted by Crippen LogP contribution is -2.37. The van der Waals surface area contributed by atoms with Crippen LogP contribution in [0.4, 0.5) is 0 Å². The van der Waals surface area contributed by atoms with Gasteiger partial charge in [-0.2, -0.15) is 0 Å². The summed E-state index contributed by atoms with van der Waals surface area (Å²) in [6, 6.07) is 0. The number of cyclic esters (lactones) is 1. The van der Waals surface area contributed by atoms with Gasteiger partial charge in [-0.05, 0) is 18.8 Å². The number of aliphatic hydroxyl groups excluding tert-OH is 1. The van der Waals surface area contributed by atoms with E-state index in [1.54, 1.807) is 7.11 Å². The fourth-order valence-electron chi connectivity index (χ4n) is 1.88. The predicted octanol–water partition coefficient (Wildman–Crippen LogP) is 1.36. The summed E-state index contributed by atoms with van der Waals surface area (Å²) in [7, 11) is 1.58. The van der Waals surface area contributed by atoms with Gasteiger partial charge in [-0.25, -0.2) is 0 Å². The van der Waals surface area contributed by atoms with Crippen molar-refractivity contribution in [2.45, 2.75) is 38.7 Å². The second-order valence-electron chi connectivity index (χ2n) is 4.61. The first-order valence-electron chi connectivity index (χ1n) is 5.98. The van der Waals surface area contributed by atoms with Crippen molar-refractivity contribution in [2.24, 2.45) is 11.8 Å². The molecule has 0 radical (unpaired) electrons. The molecule has 0 amide bonds. The number of hydrogen-bond donors (Lipinski definition) is 1. The third-order valence-electron chi connectivity index (χ3n) is 3.19. The van der Waals surface area contributed by atoms with Crippen molar-refractivity contribution in [1.82, 2.24) is 0 Å². The Labute approximate surface area is 96.9 Å². The molecule has 2 aliphatic rings. The molecule has 0 aromatic heterocycles. The molecule has 1 heterocycles. The van der Waals surface area contributed by atoms with Gasteiger partial charge in [0.1, 0.15) is 12.5 Å². The highest BCUT2D eigenvalue weighted by Crippen LogP contribution is 2.22. The van der Waals surface area contributed by atoms with Crippen molar-refractivity contribution in [3.05, 3.63) is 0 Å². The highest BCUT2D eigenvalue weighted by molar-refractivity contribution is 5.77. The molecule has 0 aromatic carbocycles. The molecule has 1 aliphatic heterocycles. The Bertz CT molecular complexity index is 207. The Hall–Kier alpha value is -0.610. The van der Waals surface area contributed by atoms with Crippen molar-refractivity contribution < 1.29 is 19.4 Å². The summed E-state index contributed by atoms with van der Waals surface area (Å²) in [5, 5.41) is 9.18. The molecule has 1 saturated carbocycles. The molecule has 2 rings (SSSR count). The van der Waals surface area contributed by atoms with Crippen LogP contribution in [0.15, 0.2) is 0 Å². The zero-order valence-electron chi connectivity index (χ0n) is 10.1. The van der Waals surface area contributed by atoms with Crippen molar-refractivity contribution in [3.63, 3.8) is 0 Å². The van der Waals surface area contributed by atoms with Crippen molar-refractivity contribution in [1.29, 1.82) is 0 Å². The van der Waals surface area contributed by atoms with Gasteiger partial charge in [0.2, 0.25) is 0 Å². The maximum absolute atomic E-state index is 10.3. The number of esters is 1. The Morgan fingerprint density at radius 2 is 2.12 bits per heavy atom. The fourth-order valence-corrected chi connectivity index (χ4v) is 1.88. The molecule has 1 N–H and O–H groups in total. The molecular weight excluding hydrogens is 208 g/mol. The van der Waals surface area contributed by atoms with Gasteiger partial charge in [-0.1, -0.05) is 19.8 Å². The average Bonchev–Trinajstić information content (AvgIpc) is 2.29. The normalized spacial score (nSPS) is 33.2. The molecule has 4 nitrogen and oxygen atoms in total. The Morgan fingerprint density at radius 1 is 1.44 bits per heavy atom. The fraction of sp³-hybridized carbons (Fsp3) is 0.917. The van der Waals surface area contributed by atoms with Gasteiger partial charge in [0, 0.05) is 7.11 Å². The second kappa shape index (κ2) is 6.86. The Balaban J connectivity index is 0.000000160. The SMILES string of the molecule is CC1CCCCC1O.COCC1COC1=O. The summed E-state index contributed by atoms with van der Waals surface area (Å²) in [4.78, 5) is 10.3. The van der Waals surface area contributed by atoms with E-state index in [-0.39, 0.29) is 18.0 Å². The van der Waals surface area contributed by atoms with E-state index in [1.165, 1.54) is 19.3 Å². The summed E-state index contributed by atoms with van der Waals surface area (Å²) in [5.74, 6) is 0.440. The van der Waals surface area contributed by atoms with Crippen LogP contribution in [0.1, 0.15) is 32.6 Å². The number of aliphatic hydroxyl groups is 1. The van der Waals surface area contributed by atoms with E-state index in [0.717, 1.165) is 6.42 Å². The predicted molar refractivity (Wildman–Crippen MR) is 60.0 cm³/mol. The maximum Gasteiger partial charge on any atom is 0.314 e. The summed E-state index contributed by atoms with van der Waals surface area (Å²) in [6.45, 7) is 3.16. The van der Waals surface area contributed by atoms with Crippen LogP contribution in [0.3, 0.4) is 0 Å². The number of carbonyl (C=O) groups excluding carboxylic acids is 1. The lowest BCUT2D eigenvalue weighted by atomic mass is 9.88. The molecule has 0 aromatic rings. The standard InChI is InChI=1S/C7H14O.C5H8O3/c1-6-4-2-3-5-7(6)8;1-7-2-4-3-8-5(4)6/h6-8H,2-5H2,1H3;4H,2-3H2,1H3. The first-order chi connectivity index (χ1) is 7.65. The van der Waals surface area contributed by atoms with Gasteiger partial charge in [0.25, 0.3) is 0 Å². The van der Waals surface area contributed by atoms with Gasteiger partial charge in [-0.3, -0.25) is 4.79 Å². The molecule has 3 atom stereocenters. The van der Waals surface area contributed by atoms with E-state index < -0.39 is 0 Å². The molecule has 1 aliphatic carbocycles. The first-order valence-corrected chi connectivity index (χ1v) is 5.98. The van der Waals surface area contributed by atoms with E-state index in [9.17, 15) is 9.90 Å². The third-order valence-corrected chi connectivity index (χ3v) is 3.19. The number of rotatable bonds is 2. The van der Waals surface area contributed by atoms with Gasteiger partial charge >= 0.3 is 5.97 Å². The lowest BCUT2D eigenvalue weighted by molar-refractivity contribution is -0.172. The van der Waals surface area contributed by atoms with Crippen LogP contribution in [0.2, 0.25) is 0 Å². The first kappa shape index (κ1) is 13.5. The Kier molecular flexibility index (Phi) is 5.77. The molecule has 2 fully saturated rings. The number of ether oxygens (including phenoxy) is 2. The van der Waals surface area contributed by atoms with Crippen LogP contribution in [0.5, 0.6) is 0 Å². The summed E-state index contributed by atoms with van der Waals surface area (Å²) in [5.41, 5.74) is 0. The zero-order valence-corrected chi connectivity index (χ0v) is 10.1. The van der Waals surface area contributed by atoms with E-state index >= 15 is 0 Å². The highest BCUT2D eigenvalue weighted by atomic mass is 16.6. The molecular formula is C12H22O4. The zero-order chi connectivity index (χ0) is 12.0. The van der Waals surface area contributed by atoms with Crippen molar-refractivity contribution in [2.75, 3.05) is 20.3 Å². The average molecular weight is 230 g/mol. The molecule has 1 saturated heterocycles. The molecule has 4 heteroatoms. The molecule has 3 unspecified atom stereocenters. The quantitative estimate of drug-likeness (QED) is 0.728. The number of carbonyl (C=O) groups is 1. The van der Waals surface area contributed by atoms with Gasteiger partial charge in [0.05, 0.1) is 12.7 Å². The van der Waals surface area contributed by atoms with E-state index in [4.69, 9.17) is 4.74 Å². The minimum absolute atomic E-state index is 0.00347. The topological polar surface area (TPSA) is 55.8 Å². The van der Waals surface area contributed by atoms with Gasteiger partial charge in [-0.15, -0.1) is 0 Å². The van der Waals surface area contributed by atoms with Gasteiger partial charge in [0.15, 0.2) is 0 Å². The van der Waals surface area contributed by atoms with Crippen LogP contribution >= 0.6 is 0 Å². The smallest absolute Gasteiger partial charge is 0.314 e. The maximum atomic E-state index is 10.3. The van der Waals surface area contributed by atoms with Gasteiger partial charge < -0.3 is 14.6 Å². The number of methoxy groups -OCH3 is 1. The van der Waals surface area contributed by atoms with E-state index in [0.29, 0.717) is 19.1 Å². The summed E-state index contributed by atoms with van der Waals surface area (Å²) < 4.78 is 9.19. The summed E-state index contributed by atoms with van der Waals surface area (Å²) in [6.07, 6.45) is 4.80. The molecule has 0 bridgehead atoms. The Morgan fingerprint density at radius 3 is 2.38 bits per heavy atom. The highest BCUT2D eigenvalue weighted by Gasteiger charge is 2.30. The molecule has 0 spiro atoms. The van der Waals surface area contributed by atoms with Crippen molar-refractivity contribution in [3.8, 4) is 0 Å². The summed E-state index contributed by atoms with van der Waals surface area (Å²) >= 11 is 0. The lowest BCUT2D eigenvalue weighted by Gasteiger charge is -2.23. The van der Waals surface area contributed by atoms with Crippen LogP contribution < -0.4 is 0 Å². The largest absolute Gasteiger partial charge is 0.464 e. The minimum Gasteiger partial charge on any atom is -0.464 e. The van der Waals surface area contributed by atoms with Crippen LogP contribution in [-0.2, 0) is 14.3 Å². The monoisotopic (exact) mass is 230 g/mol.